The van der Waals surface area contributed by atoms with Crippen molar-refractivity contribution in [2.45, 2.75) is 13.2 Å². The molecule has 0 aliphatic heterocycles. The molecule has 5 nitrogen and oxygen atoms in total. The van der Waals surface area contributed by atoms with Gasteiger partial charge in [0.05, 0.1) is 34.8 Å². The van der Waals surface area contributed by atoms with E-state index in [0.29, 0.717) is 30.5 Å². The Morgan fingerprint density at radius 1 is 1.07 bits per heavy atom. The third-order valence-corrected chi connectivity index (χ3v) is 5.75. The molecule has 8 heteroatoms. The van der Waals surface area contributed by atoms with Crippen LogP contribution in [-0.4, -0.2) is 26.4 Å². The SMILES string of the molecule is CN(Cc1ccc(Cl)s1)c1ccc(NC(=O)OCCOCc2ccccc2)c(Cl)c1. The molecule has 0 aliphatic carbocycles. The van der Waals surface area contributed by atoms with Gasteiger partial charge in [-0.05, 0) is 35.9 Å². The van der Waals surface area contributed by atoms with Crippen LogP contribution in [0.25, 0.3) is 0 Å². The first-order valence-corrected chi connectivity index (χ1v) is 10.9. The van der Waals surface area contributed by atoms with Gasteiger partial charge in [0.15, 0.2) is 0 Å². The number of amides is 1. The van der Waals surface area contributed by atoms with Crippen LogP contribution in [0.15, 0.2) is 60.7 Å². The van der Waals surface area contributed by atoms with E-state index >= 15 is 0 Å². The molecular weight excluding hydrogens is 443 g/mol. The Morgan fingerprint density at radius 2 is 1.87 bits per heavy atom. The summed E-state index contributed by atoms with van der Waals surface area (Å²) in [6.45, 7) is 1.66. The van der Waals surface area contributed by atoms with E-state index in [9.17, 15) is 4.79 Å². The second-order valence-corrected chi connectivity index (χ2v) is 8.73. The van der Waals surface area contributed by atoms with Gasteiger partial charge >= 0.3 is 6.09 Å². The van der Waals surface area contributed by atoms with Crippen LogP contribution in [0, 0.1) is 0 Å². The zero-order valence-corrected chi connectivity index (χ0v) is 18.8. The highest BCUT2D eigenvalue weighted by molar-refractivity contribution is 7.16. The largest absolute Gasteiger partial charge is 0.447 e. The molecule has 0 radical (unpaired) electrons. The minimum absolute atomic E-state index is 0.153. The van der Waals surface area contributed by atoms with Gasteiger partial charge in [-0.15, -0.1) is 11.3 Å². The topological polar surface area (TPSA) is 50.8 Å². The second kappa shape index (κ2) is 11.2. The van der Waals surface area contributed by atoms with Gasteiger partial charge in [0.2, 0.25) is 0 Å². The maximum atomic E-state index is 12.0. The minimum Gasteiger partial charge on any atom is -0.447 e. The Hall–Kier alpha value is -2.25. The van der Waals surface area contributed by atoms with Crippen LogP contribution in [0.5, 0.6) is 0 Å². The molecule has 0 fully saturated rings. The Labute approximate surface area is 190 Å². The maximum Gasteiger partial charge on any atom is 0.411 e. The maximum absolute atomic E-state index is 12.0. The zero-order chi connectivity index (χ0) is 21.3. The van der Waals surface area contributed by atoms with Crippen LogP contribution in [0.2, 0.25) is 9.36 Å². The van der Waals surface area contributed by atoms with E-state index in [0.717, 1.165) is 20.5 Å². The van der Waals surface area contributed by atoms with Crippen molar-refractivity contribution in [1.82, 2.24) is 0 Å². The molecule has 0 saturated heterocycles. The Bertz CT molecular complexity index is 966. The average Bonchev–Trinajstić information content (AvgIpc) is 3.14. The summed E-state index contributed by atoms with van der Waals surface area (Å²) in [6.07, 6.45) is -0.574. The number of rotatable bonds is 9. The molecule has 0 aliphatic rings. The van der Waals surface area contributed by atoms with Crippen molar-refractivity contribution >= 4 is 52.0 Å². The van der Waals surface area contributed by atoms with Gasteiger partial charge in [-0.3, -0.25) is 5.32 Å². The highest BCUT2D eigenvalue weighted by Crippen LogP contribution is 2.29. The van der Waals surface area contributed by atoms with Crippen LogP contribution < -0.4 is 10.2 Å². The summed E-state index contributed by atoms with van der Waals surface area (Å²) >= 11 is 13.9. The van der Waals surface area contributed by atoms with E-state index in [2.05, 4.69) is 10.2 Å². The van der Waals surface area contributed by atoms with Crippen molar-refractivity contribution in [2.75, 3.05) is 30.5 Å². The van der Waals surface area contributed by atoms with Crippen molar-refractivity contribution in [3.8, 4) is 0 Å². The van der Waals surface area contributed by atoms with E-state index in [4.69, 9.17) is 32.7 Å². The molecule has 1 heterocycles. The van der Waals surface area contributed by atoms with Gasteiger partial charge in [0.25, 0.3) is 0 Å². The van der Waals surface area contributed by atoms with Crippen molar-refractivity contribution in [1.29, 1.82) is 0 Å². The van der Waals surface area contributed by atoms with Gasteiger partial charge in [0.1, 0.15) is 6.61 Å². The third kappa shape index (κ3) is 6.92. The predicted molar refractivity (Wildman–Crippen MR) is 124 cm³/mol. The molecule has 0 saturated carbocycles. The number of hydrogen-bond acceptors (Lipinski definition) is 5. The van der Waals surface area contributed by atoms with Crippen LogP contribution in [0.1, 0.15) is 10.4 Å². The van der Waals surface area contributed by atoms with Crippen molar-refractivity contribution in [2.24, 2.45) is 0 Å². The highest BCUT2D eigenvalue weighted by Gasteiger charge is 2.10. The quantitative estimate of drug-likeness (QED) is 0.369. The normalized spacial score (nSPS) is 10.6. The molecule has 30 heavy (non-hydrogen) atoms. The molecule has 2 aromatic carbocycles. The molecule has 158 valence electrons. The fourth-order valence-corrected chi connectivity index (χ4v) is 4.07. The summed E-state index contributed by atoms with van der Waals surface area (Å²) in [5, 5.41) is 3.09. The molecule has 0 bridgehead atoms. The van der Waals surface area contributed by atoms with Gasteiger partial charge in [-0.2, -0.15) is 0 Å². The predicted octanol–water partition coefficient (Wildman–Crippen LogP) is 6.46. The van der Waals surface area contributed by atoms with E-state index in [1.54, 1.807) is 23.5 Å². The van der Waals surface area contributed by atoms with Gasteiger partial charge < -0.3 is 14.4 Å². The highest BCUT2D eigenvalue weighted by atomic mass is 35.5. The van der Waals surface area contributed by atoms with Crippen molar-refractivity contribution < 1.29 is 14.3 Å². The Balaban J connectivity index is 1.42. The van der Waals surface area contributed by atoms with Gasteiger partial charge in [-0.25, -0.2) is 4.79 Å². The van der Waals surface area contributed by atoms with E-state index in [1.807, 2.05) is 55.6 Å². The van der Waals surface area contributed by atoms with E-state index < -0.39 is 6.09 Å². The molecule has 3 aromatic rings. The summed E-state index contributed by atoms with van der Waals surface area (Å²) in [4.78, 5) is 15.2. The number of carbonyl (C=O) groups is 1. The fraction of sp³-hybridized carbons (Fsp3) is 0.227. The standard InChI is InChI=1S/C22H22Cl2N2O3S/c1-26(14-18-8-10-21(24)30-18)17-7-9-20(19(23)13-17)25-22(27)29-12-11-28-15-16-5-3-2-4-6-16/h2-10,13H,11-12,14-15H2,1H3,(H,25,27). The number of thiophene rings is 1. The number of carbonyl (C=O) groups excluding carboxylic acids is 1. The number of nitrogens with one attached hydrogen (secondary N) is 1. The van der Waals surface area contributed by atoms with Crippen LogP contribution in [0.4, 0.5) is 16.2 Å². The van der Waals surface area contributed by atoms with Crippen molar-refractivity contribution in [3.05, 3.63) is 80.5 Å². The first-order chi connectivity index (χ1) is 14.5. The number of benzene rings is 2. The fourth-order valence-electron chi connectivity index (χ4n) is 2.71. The molecule has 0 atom stereocenters. The second-order valence-electron chi connectivity index (χ2n) is 6.53. The number of anilines is 2. The van der Waals surface area contributed by atoms with Crippen LogP contribution in [-0.2, 0) is 22.6 Å². The summed E-state index contributed by atoms with van der Waals surface area (Å²) in [5.74, 6) is 0. The number of halogens is 2. The van der Waals surface area contributed by atoms with E-state index in [-0.39, 0.29) is 6.61 Å². The van der Waals surface area contributed by atoms with Crippen LogP contribution >= 0.6 is 34.5 Å². The third-order valence-electron chi connectivity index (χ3n) is 4.22. The first kappa shape index (κ1) is 22.4. The molecule has 0 spiro atoms. The summed E-state index contributed by atoms with van der Waals surface area (Å²) < 4.78 is 11.4. The average molecular weight is 465 g/mol. The van der Waals surface area contributed by atoms with E-state index in [1.165, 1.54) is 0 Å². The number of ether oxygens (including phenoxy) is 2. The van der Waals surface area contributed by atoms with Gasteiger partial charge in [0, 0.05) is 17.6 Å². The first-order valence-electron chi connectivity index (χ1n) is 9.31. The molecular formula is C22H22Cl2N2O3S. The summed E-state index contributed by atoms with van der Waals surface area (Å²) in [5.41, 5.74) is 2.49. The lowest BCUT2D eigenvalue weighted by atomic mass is 10.2. The number of nitrogens with zero attached hydrogens (tertiary/aromatic N) is 1. The lowest BCUT2D eigenvalue weighted by Gasteiger charge is -2.19. The van der Waals surface area contributed by atoms with Gasteiger partial charge in [-0.1, -0.05) is 53.5 Å². The Morgan fingerprint density at radius 3 is 2.57 bits per heavy atom. The Kier molecular flexibility index (Phi) is 8.39. The molecule has 0 unspecified atom stereocenters. The lowest BCUT2D eigenvalue weighted by Crippen LogP contribution is -2.18. The number of hydrogen-bond donors (Lipinski definition) is 1. The molecule has 1 amide bonds. The van der Waals surface area contributed by atoms with Crippen molar-refractivity contribution in [3.63, 3.8) is 0 Å². The summed E-state index contributed by atoms with van der Waals surface area (Å²) in [7, 11) is 1.97. The minimum atomic E-state index is -0.574. The zero-order valence-electron chi connectivity index (χ0n) is 16.4. The van der Waals surface area contributed by atoms with Crippen LogP contribution in [0.3, 0.4) is 0 Å². The smallest absolute Gasteiger partial charge is 0.411 e. The molecule has 1 aromatic heterocycles. The lowest BCUT2D eigenvalue weighted by molar-refractivity contribution is 0.0696. The molecule has 1 N–H and O–H groups in total. The monoisotopic (exact) mass is 464 g/mol. The summed E-state index contributed by atoms with van der Waals surface area (Å²) in [6, 6.07) is 19.1. The molecule has 3 rings (SSSR count).